The number of hydrogen-bond donors (Lipinski definition) is 0. The van der Waals surface area contributed by atoms with E-state index in [-0.39, 0.29) is 6.04 Å². The van der Waals surface area contributed by atoms with Crippen LogP contribution < -0.4 is 14.4 Å². The van der Waals surface area contributed by atoms with E-state index in [4.69, 9.17) is 9.47 Å². The molecule has 2 heterocycles. The molecular weight excluding hydrogens is 440 g/mol. The van der Waals surface area contributed by atoms with E-state index < -0.39 is 0 Å². The third-order valence-corrected chi connectivity index (χ3v) is 6.52. The summed E-state index contributed by atoms with van der Waals surface area (Å²) >= 11 is 0. The Balaban J connectivity index is 1.40. The maximum atomic E-state index is 5.59. The van der Waals surface area contributed by atoms with Gasteiger partial charge < -0.3 is 14.4 Å². The molecule has 0 amide bonds. The molecule has 1 aliphatic rings. The highest BCUT2D eigenvalue weighted by Crippen LogP contribution is 2.32. The Morgan fingerprint density at radius 3 is 2.23 bits per heavy atom. The van der Waals surface area contributed by atoms with Gasteiger partial charge >= 0.3 is 0 Å². The first-order valence-electron chi connectivity index (χ1n) is 11.8. The average molecular weight is 471 g/mol. The summed E-state index contributed by atoms with van der Waals surface area (Å²) in [6.07, 6.45) is 0. The summed E-state index contributed by atoms with van der Waals surface area (Å²) in [7, 11) is 3.40. The van der Waals surface area contributed by atoms with Crippen molar-refractivity contribution in [2.45, 2.75) is 12.6 Å². The fourth-order valence-corrected chi connectivity index (χ4v) is 4.69. The number of ether oxygens (including phenoxy) is 2. The third kappa shape index (κ3) is 4.97. The molecule has 1 unspecified atom stereocenters. The predicted octanol–water partition coefficient (Wildman–Crippen LogP) is 3.65. The molecule has 3 aromatic carbocycles. The lowest BCUT2D eigenvalue weighted by molar-refractivity contribution is 0.201. The van der Waals surface area contributed by atoms with Crippen molar-refractivity contribution < 1.29 is 9.47 Å². The monoisotopic (exact) mass is 470 g/mol. The zero-order valence-corrected chi connectivity index (χ0v) is 20.1. The lowest BCUT2D eigenvalue weighted by atomic mass is 10.0. The van der Waals surface area contributed by atoms with E-state index in [2.05, 4.69) is 61.7 Å². The number of rotatable bonds is 8. The molecule has 1 aromatic heterocycles. The van der Waals surface area contributed by atoms with Gasteiger partial charge in [0, 0.05) is 26.2 Å². The first-order valence-corrected chi connectivity index (χ1v) is 11.8. The summed E-state index contributed by atoms with van der Waals surface area (Å²) in [5.41, 5.74) is 3.44. The van der Waals surface area contributed by atoms with E-state index in [9.17, 15) is 0 Å². The number of hydrogen-bond acceptors (Lipinski definition) is 7. The maximum Gasteiger partial charge on any atom is 0.173 e. The second-order valence-electron chi connectivity index (χ2n) is 8.55. The van der Waals surface area contributed by atoms with Crippen LogP contribution in [0, 0.1) is 0 Å². The van der Waals surface area contributed by atoms with Crippen LogP contribution in [0.3, 0.4) is 0 Å². The number of tetrazole rings is 1. The number of nitrogens with zero attached hydrogens (tertiary/aromatic N) is 6. The lowest BCUT2D eigenvalue weighted by Crippen LogP contribution is -2.48. The Morgan fingerprint density at radius 2 is 1.51 bits per heavy atom. The van der Waals surface area contributed by atoms with Crippen molar-refractivity contribution in [2.75, 3.05) is 45.3 Å². The minimum Gasteiger partial charge on any atom is -0.497 e. The highest BCUT2D eigenvalue weighted by Gasteiger charge is 2.31. The molecule has 0 aliphatic carbocycles. The van der Waals surface area contributed by atoms with E-state index >= 15 is 0 Å². The lowest BCUT2D eigenvalue weighted by Gasteiger charge is -2.40. The number of methoxy groups -OCH3 is 2. The van der Waals surface area contributed by atoms with Crippen LogP contribution in [0.25, 0.3) is 0 Å². The largest absolute Gasteiger partial charge is 0.497 e. The summed E-state index contributed by atoms with van der Waals surface area (Å²) in [5, 5.41) is 12.9. The smallest absolute Gasteiger partial charge is 0.173 e. The summed E-state index contributed by atoms with van der Waals surface area (Å²) in [6.45, 7) is 4.14. The Morgan fingerprint density at radius 1 is 0.800 bits per heavy atom. The molecule has 1 saturated heterocycles. The number of piperazine rings is 1. The predicted molar refractivity (Wildman–Crippen MR) is 135 cm³/mol. The highest BCUT2D eigenvalue weighted by molar-refractivity contribution is 5.58. The fourth-order valence-electron chi connectivity index (χ4n) is 4.69. The van der Waals surface area contributed by atoms with Crippen LogP contribution in [-0.4, -0.2) is 65.5 Å². The molecular formula is C27H30N6O2. The van der Waals surface area contributed by atoms with Gasteiger partial charge in [0.2, 0.25) is 0 Å². The number of anilines is 1. The molecule has 1 atom stereocenters. The van der Waals surface area contributed by atoms with Crippen LogP contribution in [-0.2, 0) is 6.54 Å². The molecule has 0 N–H and O–H groups in total. The first kappa shape index (κ1) is 22.9. The number of aromatic nitrogens is 4. The highest BCUT2D eigenvalue weighted by atomic mass is 16.5. The van der Waals surface area contributed by atoms with Crippen molar-refractivity contribution >= 4 is 5.69 Å². The topological polar surface area (TPSA) is 68.5 Å². The quantitative estimate of drug-likeness (QED) is 0.389. The van der Waals surface area contributed by atoms with Gasteiger partial charge in [0.1, 0.15) is 11.5 Å². The molecule has 1 aliphatic heterocycles. The normalized spacial score (nSPS) is 15.1. The molecule has 180 valence electrons. The van der Waals surface area contributed by atoms with Crippen LogP contribution in [0.4, 0.5) is 5.69 Å². The maximum absolute atomic E-state index is 5.59. The van der Waals surface area contributed by atoms with E-state index in [1.165, 1.54) is 5.56 Å². The molecule has 35 heavy (non-hydrogen) atoms. The molecule has 4 aromatic rings. The van der Waals surface area contributed by atoms with Gasteiger partial charge in [-0.25, -0.2) is 4.68 Å². The zero-order chi connectivity index (χ0) is 24.0. The molecule has 1 fully saturated rings. The molecule has 0 saturated carbocycles. The summed E-state index contributed by atoms with van der Waals surface area (Å²) in [6, 6.07) is 26.7. The van der Waals surface area contributed by atoms with E-state index in [0.717, 1.165) is 54.8 Å². The van der Waals surface area contributed by atoms with Gasteiger partial charge in [-0.1, -0.05) is 54.6 Å². The minimum absolute atomic E-state index is 0.0377. The molecule has 0 bridgehead atoms. The van der Waals surface area contributed by atoms with Crippen molar-refractivity contribution in [1.29, 1.82) is 0 Å². The number of para-hydroxylation sites is 2. The van der Waals surface area contributed by atoms with Gasteiger partial charge in [-0.15, -0.1) is 5.10 Å². The number of benzene rings is 3. The van der Waals surface area contributed by atoms with Gasteiger partial charge in [0.15, 0.2) is 5.82 Å². The molecule has 8 nitrogen and oxygen atoms in total. The molecule has 0 radical (unpaired) electrons. The molecule has 5 rings (SSSR count). The second kappa shape index (κ2) is 10.6. The van der Waals surface area contributed by atoms with Crippen LogP contribution in [0.1, 0.15) is 23.0 Å². The van der Waals surface area contributed by atoms with E-state index in [0.29, 0.717) is 6.54 Å². The summed E-state index contributed by atoms with van der Waals surface area (Å²) < 4.78 is 12.8. The van der Waals surface area contributed by atoms with Crippen LogP contribution in [0.2, 0.25) is 0 Å². The van der Waals surface area contributed by atoms with Crippen molar-refractivity contribution in [3.63, 3.8) is 0 Å². The van der Waals surface area contributed by atoms with Crippen LogP contribution >= 0.6 is 0 Å². The standard InChI is InChI=1S/C27H30N6O2/c1-34-23-14-12-21(13-15-23)20-33-27(28-29-30-33)26(22-8-4-3-5-9-22)32-18-16-31(17-19-32)24-10-6-7-11-25(24)35-2/h3-15,26H,16-20H2,1-2H3. The van der Waals surface area contributed by atoms with Crippen molar-refractivity contribution in [3.8, 4) is 11.5 Å². The Bertz CT molecular complexity index is 1220. The van der Waals surface area contributed by atoms with Crippen molar-refractivity contribution in [1.82, 2.24) is 25.1 Å². The Labute approximate surface area is 205 Å². The Kier molecular flexibility index (Phi) is 6.90. The Hall–Kier alpha value is -3.91. The zero-order valence-electron chi connectivity index (χ0n) is 20.1. The minimum atomic E-state index is -0.0377. The van der Waals surface area contributed by atoms with Crippen LogP contribution in [0.15, 0.2) is 78.9 Å². The second-order valence-corrected chi connectivity index (χ2v) is 8.55. The van der Waals surface area contributed by atoms with Gasteiger partial charge in [-0.05, 0) is 45.8 Å². The summed E-state index contributed by atoms with van der Waals surface area (Å²) in [4.78, 5) is 4.86. The van der Waals surface area contributed by atoms with E-state index in [1.54, 1.807) is 14.2 Å². The van der Waals surface area contributed by atoms with Gasteiger partial charge in [-0.2, -0.15) is 0 Å². The van der Waals surface area contributed by atoms with E-state index in [1.807, 2.05) is 47.1 Å². The SMILES string of the molecule is COc1ccc(Cn2nnnc2C(c2ccccc2)N2CCN(c3ccccc3OC)CC2)cc1. The first-order chi connectivity index (χ1) is 17.3. The van der Waals surface area contributed by atoms with Gasteiger partial charge in [0.05, 0.1) is 32.5 Å². The summed E-state index contributed by atoms with van der Waals surface area (Å²) in [5.74, 6) is 2.59. The third-order valence-electron chi connectivity index (χ3n) is 6.52. The van der Waals surface area contributed by atoms with Crippen molar-refractivity contribution in [3.05, 3.63) is 95.8 Å². The fraction of sp³-hybridized carbons (Fsp3) is 0.296. The van der Waals surface area contributed by atoms with Gasteiger partial charge in [-0.3, -0.25) is 4.90 Å². The van der Waals surface area contributed by atoms with Crippen molar-refractivity contribution in [2.24, 2.45) is 0 Å². The average Bonchev–Trinajstić information content (AvgIpc) is 3.37. The molecule has 8 heteroatoms. The van der Waals surface area contributed by atoms with Gasteiger partial charge in [0.25, 0.3) is 0 Å². The molecule has 0 spiro atoms. The van der Waals surface area contributed by atoms with Crippen LogP contribution in [0.5, 0.6) is 11.5 Å².